The summed E-state index contributed by atoms with van der Waals surface area (Å²) in [5, 5.41) is 15.3. The Hall–Kier alpha value is -4.53. The number of alkyl halides is 2. The van der Waals surface area contributed by atoms with Gasteiger partial charge in [-0.3, -0.25) is 4.79 Å². The molecule has 40 heavy (non-hydrogen) atoms. The van der Waals surface area contributed by atoms with Gasteiger partial charge in [-0.15, -0.1) is 0 Å². The van der Waals surface area contributed by atoms with Crippen molar-refractivity contribution in [1.82, 2.24) is 24.6 Å². The lowest BCUT2D eigenvalue weighted by atomic mass is 10.1. The van der Waals surface area contributed by atoms with Gasteiger partial charge in [0.15, 0.2) is 0 Å². The third-order valence-corrected chi connectivity index (χ3v) is 6.52. The molecule has 1 N–H and O–H groups in total. The first kappa shape index (κ1) is 27.1. The summed E-state index contributed by atoms with van der Waals surface area (Å²) in [6, 6.07) is 11.7. The number of carbonyl (C=O) groups excluding carboxylic acids is 1. The summed E-state index contributed by atoms with van der Waals surface area (Å²) in [4.78, 5) is 35.3. The fourth-order valence-electron chi connectivity index (χ4n) is 4.78. The summed E-state index contributed by atoms with van der Waals surface area (Å²) in [6.07, 6.45) is -2.33. The zero-order chi connectivity index (χ0) is 28.6. The van der Waals surface area contributed by atoms with E-state index in [-0.39, 0.29) is 29.3 Å². The number of halogens is 2. The number of fused-ring (bicyclic) bond motifs is 2. The highest BCUT2D eigenvalue weighted by molar-refractivity contribution is 5.84. The standard InChI is InChI=1S/C28H28F2N6O4/c1-28(2,3)40-27(38)35-9-8-17(14-35)36-26(37)19-7-5-4-6-18(19)20(34-36)12-25-32-21-10-16(13-31)23(11-22(21)33-25)39-15-24(29)30/h4-7,10-11,17,24H,8-9,12,14-15H2,1-3H3,(H,32,33). The van der Waals surface area contributed by atoms with Crippen LogP contribution in [0.4, 0.5) is 13.6 Å². The van der Waals surface area contributed by atoms with Crippen LogP contribution in [-0.2, 0) is 11.2 Å². The third-order valence-electron chi connectivity index (χ3n) is 6.52. The molecule has 1 unspecified atom stereocenters. The normalized spacial score (nSPS) is 15.6. The van der Waals surface area contributed by atoms with Gasteiger partial charge in [-0.05, 0) is 39.3 Å². The largest absolute Gasteiger partial charge is 0.486 e. The quantitative estimate of drug-likeness (QED) is 0.373. The minimum absolute atomic E-state index is 0.0289. The average molecular weight is 551 g/mol. The highest BCUT2D eigenvalue weighted by Gasteiger charge is 2.32. The van der Waals surface area contributed by atoms with E-state index in [0.717, 1.165) is 0 Å². The van der Waals surface area contributed by atoms with Crippen LogP contribution in [0.1, 0.15) is 50.3 Å². The molecule has 2 aromatic carbocycles. The maximum atomic E-state index is 13.4. The predicted molar refractivity (Wildman–Crippen MR) is 143 cm³/mol. The van der Waals surface area contributed by atoms with Crippen molar-refractivity contribution < 1.29 is 23.0 Å². The first-order valence-corrected chi connectivity index (χ1v) is 12.8. The Morgan fingerprint density at radius 1 is 1.25 bits per heavy atom. The first-order valence-electron chi connectivity index (χ1n) is 12.8. The molecule has 5 rings (SSSR count). The lowest BCUT2D eigenvalue weighted by molar-refractivity contribution is 0.0288. The maximum absolute atomic E-state index is 13.4. The second kappa shape index (κ2) is 10.6. The Labute approximate surface area is 228 Å². The van der Waals surface area contributed by atoms with Crippen LogP contribution in [0.15, 0.2) is 41.2 Å². The van der Waals surface area contributed by atoms with E-state index in [1.165, 1.54) is 16.8 Å². The molecule has 10 nitrogen and oxygen atoms in total. The predicted octanol–water partition coefficient (Wildman–Crippen LogP) is 4.56. The Balaban J connectivity index is 1.47. The molecule has 2 aromatic heterocycles. The van der Waals surface area contributed by atoms with Gasteiger partial charge in [0, 0.05) is 24.5 Å². The Morgan fingerprint density at radius 2 is 2.00 bits per heavy atom. The Kier molecular flexibility index (Phi) is 7.14. The number of ether oxygens (including phenoxy) is 2. The van der Waals surface area contributed by atoms with Crippen molar-refractivity contribution in [2.24, 2.45) is 0 Å². The summed E-state index contributed by atoms with van der Waals surface area (Å²) in [5.74, 6) is 0.538. The van der Waals surface area contributed by atoms with Crippen molar-refractivity contribution in [2.75, 3.05) is 19.7 Å². The van der Waals surface area contributed by atoms with Crippen LogP contribution in [0.2, 0.25) is 0 Å². The van der Waals surface area contributed by atoms with Crippen LogP contribution in [0.5, 0.6) is 5.75 Å². The summed E-state index contributed by atoms with van der Waals surface area (Å²) in [5.41, 5.74) is 0.809. The van der Waals surface area contributed by atoms with Gasteiger partial charge in [0.05, 0.1) is 40.1 Å². The Bertz CT molecular complexity index is 1680. The third kappa shape index (κ3) is 5.59. The zero-order valence-electron chi connectivity index (χ0n) is 22.3. The van der Waals surface area contributed by atoms with E-state index in [4.69, 9.17) is 14.6 Å². The van der Waals surface area contributed by atoms with E-state index in [0.29, 0.717) is 52.8 Å². The molecule has 0 bridgehead atoms. The number of hydrogen-bond acceptors (Lipinski definition) is 7. The molecule has 0 aliphatic carbocycles. The molecule has 1 fully saturated rings. The number of aromatic amines is 1. The van der Waals surface area contributed by atoms with Crippen LogP contribution >= 0.6 is 0 Å². The van der Waals surface area contributed by atoms with Gasteiger partial charge in [-0.1, -0.05) is 18.2 Å². The lowest BCUT2D eigenvalue weighted by Gasteiger charge is -2.24. The highest BCUT2D eigenvalue weighted by Crippen LogP contribution is 2.27. The van der Waals surface area contributed by atoms with E-state index >= 15 is 0 Å². The first-order chi connectivity index (χ1) is 19.0. The monoisotopic (exact) mass is 550 g/mol. The second-order valence-electron chi connectivity index (χ2n) is 10.7. The number of likely N-dealkylation sites (tertiary alicyclic amines) is 1. The van der Waals surface area contributed by atoms with Gasteiger partial charge in [-0.2, -0.15) is 10.4 Å². The van der Waals surface area contributed by atoms with E-state index in [9.17, 15) is 23.6 Å². The van der Waals surface area contributed by atoms with E-state index < -0.39 is 24.7 Å². The average Bonchev–Trinajstić information content (AvgIpc) is 3.54. The maximum Gasteiger partial charge on any atom is 0.410 e. The van der Waals surface area contributed by atoms with Gasteiger partial charge in [0.25, 0.3) is 12.0 Å². The number of benzene rings is 2. The van der Waals surface area contributed by atoms with Crippen LogP contribution in [-0.4, -0.2) is 62.5 Å². The molecule has 3 heterocycles. The number of rotatable bonds is 6. The fourth-order valence-corrected chi connectivity index (χ4v) is 4.78. The molecular formula is C28H28F2N6O4. The van der Waals surface area contributed by atoms with E-state index in [1.807, 2.05) is 18.2 Å². The molecular weight excluding hydrogens is 522 g/mol. The van der Waals surface area contributed by atoms with Gasteiger partial charge >= 0.3 is 6.09 Å². The van der Waals surface area contributed by atoms with Crippen LogP contribution in [0.25, 0.3) is 21.8 Å². The van der Waals surface area contributed by atoms with Crippen molar-refractivity contribution >= 4 is 27.9 Å². The summed E-state index contributed by atoms with van der Waals surface area (Å²) >= 11 is 0. The van der Waals surface area contributed by atoms with E-state index in [1.54, 1.807) is 37.8 Å². The second-order valence-corrected chi connectivity index (χ2v) is 10.7. The van der Waals surface area contributed by atoms with Crippen LogP contribution in [0.3, 0.4) is 0 Å². The van der Waals surface area contributed by atoms with Crippen LogP contribution < -0.4 is 10.3 Å². The zero-order valence-corrected chi connectivity index (χ0v) is 22.3. The molecule has 0 spiro atoms. The summed E-state index contributed by atoms with van der Waals surface area (Å²) in [6.45, 7) is 5.31. The number of nitrogens with one attached hydrogen (secondary N) is 1. The lowest BCUT2D eigenvalue weighted by Crippen LogP contribution is -2.36. The smallest absolute Gasteiger partial charge is 0.410 e. The van der Waals surface area contributed by atoms with Crippen molar-refractivity contribution in [3.05, 3.63) is 63.8 Å². The van der Waals surface area contributed by atoms with Gasteiger partial charge in [0.1, 0.15) is 29.9 Å². The van der Waals surface area contributed by atoms with Gasteiger partial charge in [-0.25, -0.2) is 23.2 Å². The Morgan fingerprint density at radius 3 is 2.70 bits per heavy atom. The van der Waals surface area contributed by atoms with Crippen molar-refractivity contribution in [3.8, 4) is 11.8 Å². The molecule has 12 heteroatoms. The number of imidazole rings is 1. The van der Waals surface area contributed by atoms with Gasteiger partial charge in [0.2, 0.25) is 0 Å². The summed E-state index contributed by atoms with van der Waals surface area (Å²) < 4.78 is 37.4. The highest BCUT2D eigenvalue weighted by atomic mass is 19.3. The number of H-pyrrole nitrogens is 1. The molecule has 1 saturated heterocycles. The molecule has 1 atom stereocenters. The molecule has 4 aromatic rings. The molecule has 0 radical (unpaired) electrons. The molecule has 1 aliphatic heterocycles. The number of carbonyl (C=O) groups is 1. The minimum Gasteiger partial charge on any atom is -0.486 e. The molecule has 208 valence electrons. The van der Waals surface area contributed by atoms with Crippen LogP contribution in [0, 0.1) is 11.3 Å². The van der Waals surface area contributed by atoms with Gasteiger partial charge < -0.3 is 19.4 Å². The van der Waals surface area contributed by atoms with Crippen molar-refractivity contribution in [1.29, 1.82) is 5.26 Å². The number of nitrogens with zero attached hydrogens (tertiary/aromatic N) is 5. The summed E-state index contributed by atoms with van der Waals surface area (Å²) in [7, 11) is 0. The van der Waals surface area contributed by atoms with Crippen molar-refractivity contribution in [3.63, 3.8) is 0 Å². The number of hydrogen-bond donors (Lipinski definition) is 1. The van der Waals surface area contributed by atoms with E-state index in [2.05, 4.69) is 9.97 Å². The SMILES string of the molecule is CC(C)(C)OC(=O)N1CCC(n2nc(Cc3nc4cc(OCC(F)F)c(C#N)cc4[nH]3)c3ccccc3c2=O)C1. The number of amides is 1. The molecule has 1 aliphatic rings. The molecule has 0 saturated carbocycles. The fraction of sp³-hybridized carbons (Fsp3) is 0.393. The minimum atomic E-state index is -2.68. The molecule has 1 amide bonds. The topological polar surface area (TPSA) is 126 Å². The number of nitriles is 1. The number of aromatic nitrogens is 4. The van der Waals surface area contributed by atoms with Crippen molar-refractivity contribution in [2.45, 2.75) is 51.7 Å².